The number of methoxy groups -OCH3 is 2. The van der Waals surface area contributed by atoms with Crippen LogP contribution in [0.5, 0.6) is 17.4 Å². The number of para-hydroxylation sites is 1. The molecule has 160 valence electrons. The van der Waals surface area contributed by atoms with Gasteiger partial charge in [0.15, 0.2) is 17.2 Å². The third-order valence-corrected chi connectivity index (χ3v) is 5.67. The lowest BCUT2D eigenvalue weighted by atomic mass is 10.1. The Bertz CT molecular complexity index is 1160. The van der Waals surface area contributed by atoms with Crippen LogP contribution in [-0.4, -0.2) is 41.6 Å². The molecule has 4 rings (SSSR count). The molecule has 1 aliphatic heterocycles. The van der Waals surface area contributed by atoms with Crippen molar-refractivity contribution in [3.63, 3.8) is 0 Å². The first-order valence-corrected chi connectivity index (χ1v) is 10.8. The average molecular weight is 459 g/mol. The molecule has 0 saturated carbocycles. The Morgan fingerprint density at radius 1 is 1.16 bits per heavy atom. The average Bonchev–Trinajstić information content (AvgIpc) is 2.92. The second kappa shape index (κ2) is 8.60. The molecule has 0 spiro atoms. The van der Waals surface area contributed by atoms with E-state index in [1.165, 1.54) is 37.8 Å². The molecule has 0 fully saturated rings. The molecule has 0 aliphatic carbocycles. The number of carbonyl (C=O) groups is 1. The van der Waals surface area contributed by atoms with E-state index in [1.54, 1.807) is 12.1 Å². The molecule has 0 radical (unpaired) electrons. The van der Waals surface area contributed by atoms with E-state index in [4.69, 9.17) is 25.8 Å². The van der Waals surface area contributed by atoms with Gasteiger partial charge in [-0.2, -0.15) is 4.98 Å². The molecule has 0 saturated heterocycles. The molecule has 0 bridgehead atoms. The zero-order valence-electron chi connectivity index (χ0n) is 17.2. The van der Waals surface area contributed by atoms with Crippen LogP contribution in [0.15, 0.2) is 41.6 Å². The molecule has 1 atom stereocenters. The highest BCUT2D eigenvalue weighted by atomic mass is 35.5. The Labute approximate surface area is 188 Å². The Kier molecular flexibility index (Phi) is 5.88. The van der Waals surface area contributed by atoms with Crippen molar-refractivity contribution in [2.24, 2.45) is 0 Å². The van der Waals surface area contributed by atoms with Crippen LogP contribution in [0.25, 0.3) is 11.3 Å². The second-order valence-corrected chi connectivity index (χ2v) is 7.74. The van der Waals surface area contributed by atoms with Crippen LogP contribution in [0.3, 0.4) is 0 Å². The zero-order valence-corrected chi connectivity index (χ0v) is 18.8. The van der Waals surface area contributed by atoms with E-state index >= 15 is 0 Å². The molecular formula is C21H19ClN4O4S. The predicted molar refractivity (Wildman–Crippen MR) is 118 cm³/mol. The lowest BCUT2D eigenvalue weighted by molar-refractivity contribution is -0.118. The van der Waals surface area contributed by atoms with Crippen molar-refractivity contribution in [3.8, 4) is 28.6 Å². The molecule has 31 heavy (non-hydrogen) atoms. The van der Waals surface area contributed by atoms with Gasteiger partial charge in [-0.15, -0.1) is 10.2 Å². The van der Waals surface area contributed by atoms with Crippen molar-refractivity contribution in [1.29, 1.82) is 0 Å². The number of ether oxygens (including phenoxy) is 3. The van der Waals surface area contributed by atoms with E-state index in [-0.39, 0.29) is 11.8 Å². The summed E-state index contributed by atoms with van der Waals surface area (Å²) in [7, 11) is 3.05. The second-order valence-electron chi connectivity index (χ2n) is 6.56. The summed E-state index contributed by atoms with van der Waals surface area (Å²) in [4.78, 5) is 18.9. The van der Waals surface area contributed by atoms with E-state index in [0.717, 1.165) is 0 Å². The molecule has 2 heterocycles. The number of aromatic nitrogens is 3. The number of rotatable bonds is 4. The predicted octanol–water partition coefficient (Wildman–Crippen LogP) is 4.38. The summed E-state index contributed by atoms with van der Waals surface area (Å²) in [5.41, 5.74) is 2.25. The summed E-state index contributed by atoms with van der Waals surface area (Å²) in [5.74, 6) is 0.937. The lowest BCUT2D eigenvalue weighted by Crippen LogP contribution is -2.36. The van der Waals surface area contributed by atoms with E-state index in [9.17, 15) is 4.79 Å². The molecular weight excluding hydrogens is 440 g/mol. The molecule has 1 aliphatic rings. The number of carbonyl (C=O) groups excluding carboxylic acids is 1. The van der Waals surface area contributed by atoms with Crippen molar-refractivity contribution < 1.29 is 19.0 Å². The number of anilines is 1. The minimum Gasteiger partial charge on any atom is -0.493 e. The number of nitrogens with zero attached hydrogens (tertiary/aromatic N) is 4. The lowest BCUT2D eigenvalue weighted by Gasteiger charge is -2.30. The first-order valence-electron chi connectivity index (χ1n) is 9.24. The highest BCUT2D eigenvalue weighted by Gasteiger charge is 2.36. The zero-order chi connectivity index (χ0) is 22.1. The number of benzene rings is 2. The maximum absolute atomic E-state index is 12.8. The van der Waals surface area contributed by atoms with Gasteiger partial charge in [0.25, 0.3) is 0 Å². The SMILES string of the molecule is COc1cc(Cl)c(C2Oc3nc(SC)nnc3-c3ccccc3N2C(C)=O)cc1OC. The molecule has 1 unspecified atom stereocenters. The summed E-state index contributed by atoms with van der Waals surface area (Å²) < 4.78 is 17.1. The molecule has 8 nitrogen and oxygen atoms in total. The monoisotopic (exact) mass is 458 g/mol. The molecule has 2 aromatic carbocycles. The Balaban J connectivity index is 1.99. The van der Waals surface area contributed by atoms with Gasteiger partial charge >= 0.3 is 0 Å². The Morgan fingerprint density at radius 2 is 1.87 bits per heavy atom. The van der Waals surface area contributed by atoms with Gasteiger partial charge < -0.3 is 14.2 Å². The van der Waals surface area contributed by atoms with Crippen LogP contribution in [0.1, 0.15) is 18.7 Å². The van der Waals surface area contributed by atoms with Crippen molar-refractivity contribution in [2.75, 3.05) is 25.4 Å². The normalized spacial score (nSPS) is 14.7. The molecule has 0 N–H and O–H groups in total. The highest BCUT2D eigenvalue weighted by Crippen LogP contribution is 2.46. The summed E-state index contributed by atoms with van der Waals surface area (Å²) in [6.45, 7) is 1.46. The topological polar surface area (TPSA) is 86.7 Å². The largest absolute Gasteiger partial charge is 0.493 e. The van der Waals surface area contributed by atoms with Crippen molar-refractivity contribution >= 4 is 35.0 Å². The number of hydrogen-bond acceptors (Lipinski definition) is 8. The maximum Gasteiger partial charge on any atom is 0.247 e. The van der Waals surface area contributed by atoms with Crippen LogP contribution >= 0.6 is 23.4 Å². The number of halogens is 1. The number of hydrogen-bond donors (Lipinski definition) is 0. The number of thioether (sulfide) groups is 1. The summed E-state index contributed by atoms with van der Waals surface area (Å²) >= 11 is 7.94. The molecule has 1 amide bonds. The minimum absolute atomic E-state index is 0.242. The Morgan fingerprint density at radius 3 is 2.55 bits per heavy atom. The van der Waals surface area contributed by atoms with Gasteiger partial charge in [-0.3, -0.25) is 9.69 Å². The van der Waals surface area contributed by atoms with Crippen molar-refractivity contribution in [3.05, 3.63) is 47.0 Å². The van der Waals surface area contributed by atoms with Crippen LogP contribution < -0.4 is 19.1 Å². The van der Waals surface area contributed by atoms with Gasteiger partial charge in [0, 0.05) is 24.1 Å². The summed E-state index contributed by atoms with van der Waals surface area (Å²) in [6, 6.07) is 10.7. The number of fused-ring (bicyclic) bond motifs is 3. The van der Waals surface area contributed by atoms with Gasteiger partial charge in [-0.05, 0) is 18.4 Å². The van der Waals surface area contributed by atoms with Crippen LogP contribution in [0.4, 0.5) is 5.69 Å². The molecule has 3 aromatic rings. The minimum atomic E-state index is -0.918. The van der Waals surface area contributed by atoms with Gasteiger partial charge in [0.05, 0.1) is 24.9 Å². The van der Waals surface area contributed by atoms with E-state index in [2.05, 4.69) is 15.2 Å². The van der Waals surface area contributed by atoms with Crippen LogP contribution in [0.2, 0.25) is 5.02 Å². The van der Waals surface area contributed by atoms with E-state index in [1.807, 2.05) is 30.5 Å². The maximum atomic E-state index is 12.8. The van der Waals surface area contributed by atoms with Gasteiger partial charge in [0.1, 0.15) is 0 Å². The quantitative estimate of drug-likeness (QED) is 0.532. The van der Waals surface area contributed by atoms with Gasteiger partial charge in [-0.25, -0.2) is 0 Å². The molecule has 10 heteroatoms. The first kappa shape index (κ1) is 21.2. The van der Waals surface area contributed by atoms with Crippen LogP contribution in [-0.2, 0) is 4.79 Å². The fourth-order valence-electron chi connectivity index (χ4n) is 3.40. The Hall–Kier alpha value is -3.04. The fraction of sp³-hybridized carbons (Fsp3) is 0.238. The summed E-state index contributed by atoms with van der Waals surface area (Å²) in [5, 5.41) is 9.26. The smallest absolute Gasteiger partial charge is 0.247 e. The van der Waals surface area contributed by atoms with Gasteiger partial charge in [-0.1, -0.05) is 41.6 Å². The van der Waals surface area contributed by atoms with Crippen molar-refractivity contribution in [2.45, 2.75) is 18.3 Å². The first-order chi connectivity index (χ1) is 15.0. The van der Waals surface area contributed by atoms with E-state index < -0.39 is 6.23 Å². The third kappa shape index (κ3) is 3.75. The highest BCUT2D eigenvalue weighted by molar-refractivity contribution is 7.98. The molecule has 1 aromatic heterocycles. The fourth-order valence-corrected chi connectivity index (χ4v) is 3.94. The third-order valence-electron chi connectivity index (χ3n) is 4.80. The van der Waals surface area contributed by atoms with Crippen LogP contribution in [0, 0.1) is 0 Å². The summed E-state index contributed by atoms with van der Waals surface area (Å²) in [6.07, 6.45) is 0.928. The van der Waals surface area contributed by atoms with Gasteiger partial charge in [0.2, 0.25) is 23.2 Å². The standard InChI is InChI=1S/C21H19ClN4O4S/c1-11(27)26-15-8-6-5-7-12(15)18-19(23-21(31-4)25-24-18)30-20(26)13-9-16(28-2)17(29-3)10-14(13)22/h5-10,20H,1-4H3. The van der Waals surface area contributed by atoms with E-state index in [0.29, 0.717) is 44.2 Å². The number of amides is 1. The van der Waals surface area contributed by atoms with Crippen molar-refractivity contribution in [1.82, 2.24) is 15.2 Å².